The van der Waals surface area contributed by atoms with Crippen molar-refractivity contribution in [2.45, 2.75) is 13.0 Å². The first-order valence-corrected chi connectivity index (χ1v) is 8.43. The van der Waals surface area contributed by atoms with E-state index in [4.69, 9.17) is 9.84 Å². The smallest absolute Gasteiger partial charge is 0.340 e. The number of para-hydroxylation sites is 1. The number of carbonyl (C=O) groups is 2. The Morgan fingerprint density at radius 1 is 1.25 bits per heavy atom. The summed E-state index contributed by atoms with van der Waals surface area (Å²) in [4.78, 5) is 25.1. The van der Waals surface area contributed by atoms with Crippen molar-refractivity contribution in [2.75, 3.05) is 25.1 Å². The Morgan fingerprint density at radius 3 is 2.75 bits per heavy atom. The minimum atomic E-state index is -0.588. The van der Waals surface area contributed by atoms with Crippen LogP contribution in [0.1, 0.15) is 28.2 Å². The molecule has 0 radical (unpaired) electrons. The number of benzene rings is 1. The molecule has 3 N–H and O–H groups in total. The van der Waals surface area contributed by atoms with E-state index in [-0.39, 0.29) is 25.2 Å². The average Bonchev–Trinajstić information content (AvgIpc) is 3.13. The first-order valence-electron chi connectivity index (χ1n) is 7.55. The van der Waals surface area contributed by atoms with E-state index in [0.717, 1.165) is 4.88 Å². The second kappa shape index (κ2) is 9.05. The molecule has 2 aromatic rings. The molecule has 0 saturated carbocycles. The Labute approximate surface area is 144 Å². The SMILES string of the molecule is C[C@@H](NC(=O)COC(=O)c1ccccc1NCCO)c1cccs1. The molecular formula is C17H20N2O4S. The van der Waals surface area contributed by atoms with Crippen LogP contribution in [0.15, 0.2) is 41.8 Å². The molecule has 6 nitrogen and oxygen atoms in total. The number of aliphatic hydroxyl groups is 1. The molecule has 0 saturated heterocycles. The Kier molecular flexibility index (Phi) is 6.77. The zero-order chi connectivity index (χ0) is 17.4. The predicted octanol–water partition coefficient (Wildman–Crippen LogP) is 2.19. The molecule has 1 aromatic carbocycles. The van der Waals surface area contributed by atoms with Gasteiger partial charge in [0.2, 0.25) is 0 Å². The Morgan fingerprint density at radius 2 is 2.04 bits per heavy atom. The van der Waals surface area contributed by atoms with E-state index in [2.05, 4.69) is 10.6 Å². The third-order valence-electron chi connectivity index (χ3n) is 3.26. The number of thiophene rings is 1. The topological polar surface area (TPSA) is 87.7 Å². The second-order valence-electron chi connectivity index (χ2n) is 5.08. The van der Waals surface area contributed by atoms with Gasteiger partial charge in [-0.25, -0.2) is 4.79 Å². The number of rotatable bonds is 8. The molecule has 0 aliphatic rings. The van der Waals surface area contributed by atoms with Gasteiger partial charge in [0.25, 0.3) is 5.91 Å². The maximum Gasteiger partial charge on any atom is 0.340 e. The van der Waals surface area contributed by atoms with Gasteiger partial charge in [0.15, 0.2) is 6.61 Å². The highest BCUT2D eigenvalue weighted by molar-refractivity contribution is 7.10. The van der Waals surface area contributed by atoms with Crippen LogP contribution in [0.25, 0.3) is 0 Å². The van der Waals surface area contributed by atoms with E-state index < -0.39 is 5.97 Å². The number of carbonyl (C=O) groups excluding carboxylic acids is 2. The average molecular weight is 348 g/mol. The Hall–Kier alpha value is -2.38. The monoisotopic (exact) mass is 348 g/mol. The maximum atomic E-state index is 12.1. The molecule has 0 aliphatic heterocycles. The molecule has 1 aromatic heterocycles. The van der Waals surface area contributed by atoms with Crippen molar-refractivity contribution in [1.29, 1.82) is 0 Å². The quantitative estimate of drug-likeness (QED) is 0.637. The van der Waals surface area contributed by atoms with Crippen LogP contribution in [-0.2, 0) is 9.53 Å². The van der Waals surface area contributed by atoms with Gasteiger partial charge in [-0.15, -0.1) is 11.3 Å². The molecule has 1 atom stereocenters. The highest BCUT2D eigenvalue weighted by Gasteiger charge is 2.15. The predicted molar refractivity (Wildman–Crippen MR) is 93.2 cm³/mol. The lowest BCUT2D eigenvalue weighted by Crippen LogP contribution is -2.30. The summed E-state index contributed by atoms with van der Waals surface area (Å²) in [7, 11) is 0. The molecule has 2 rings (SSSR count). The molecule has 24 heavy (non-hydrogen) atoms. The molecule has 0 aliphatic carbocycles. The van der Waals surface area contributed by atoms with Crippen LogP contribution in [0.2, 0.25) is 0 Å². The summed E-state index contributed by atoms with van der Waals surface area (Å²) < 4.78 is 5.08. The summed E-state index contributed by atoms with van der Waals surface area (Å²) in [5.74, 6) is -0.944. The van der Waals surface area contributed by atoms with Crippen LogP contribution in [0.4, 0.5) is 5.69 Å². The highest BCUT2D eigenvalue weighted by Crippen LogP contribution is 2.18. The van der Waals surface area contributed by atoms with Crippen molar-refractivity contribution in [3.05, 3.63) is 52.2 Å². The Balaban J connectivity index is 1.87. The van der Waals surface area contributed by atoms with Gasteiger partial charge < -0.3 is 20.5 Å². The summed E-state index contributed by atoms with van der Waals surface area (Å²) in [5.41, 5.74) is 0.883. The van der Waals surface area contributed by atoms with Crippen molar-refractivity contribution in [1.82, 2.24) is 5.32 Å². The van der Waals surface area contributed by atoms with E-state index in [1.54, 1.807) is 35.6 Å². The van der Waals surface area contributed by atoms with Gasteiger partial charge in [0.05, 0.1) is 18.2 Å². The number of amides is 1. The largest absolute Gasteiger partial charge is 0.452 e. The van der Waals surface area contributed by atoms with Gasteiger partial charge in [-0.05, 0) is 30.5 Å². The van der Waals surface area contributed by atoms with E-state index >= 15 is 0 Å². The molecular weight excluding hydrogens is 328 g/mol. The standard InChI is InChI=1S/C17H20N2O4S/c1-12(15-7-4-10-24-15)19-16(21)11-23-17(22)13-5-2-3-6-14(13)18-8-9-20/h2-7,10,12,18,20H,8-9,11H2,1H3,(H,19,21)/t12-/m1/s1. The fourth-order valence-corrected chi connectivity index (χ4v) is 2.84. The molecule has 0 unspecified atom stereocenters. The fourth-order valence-electron chi connectivity index (χ4n) is 2.11. The molecule has 0 bridgehead atoms. The summed E-state index contributed by atoms with van der Waals surface area (Å²) in [6.45, 7) is 1.80. The normalized spacial score (nSPS) is 11.6. The van der Waals surface area contributed by atoms with Crippen molar-refractivity contribution < 1.29 is 19.4 Å². The first kappa shape index (κ1) is 18.0. The number of aliphatic hydroxyl groups excluding tert-OH is 1. The van der Waals surface area contributed by atoms with Gasteiger partial charge in [-0.2, -0.15) is 0 Å². The molecule has 0 spiro atoms. The molecule has 7 heteroatoms. The van der Waals surface area contributed by atoms with Crippen LogP contribution in [0, 0.1) is 0 Å². The number of ether oxygens (including phenoxy) is 1. The molecule has 128 valence electrons. The number of hydrogen-bond acceptors (Lipinski definition) is 6. The summed E-state index contributed by atoms with van der Waals surface area (Å²) in [6.07, 6.45) is 0. The van der Waals surface area contributed by atoms with Crippen molar-refractivity contribution in [3.8, 4) is 0 Å². The van der Waals surface area contributed by atoms with Crippen molar-refractivity contribution in [3.63, 3.8) is 0 Å². The zero-order valence-corrected chi connectivity index (χ0v) is 14.1. The van der Waals surface area contributed by atoms with Crippen LogP contribution in [0.3, 0.4) is 0 Å². The van der Waals surface area contributed by atoms with E-state index in [1.807, 2.05) is 24.4 Å². The fraction of sp³-hybridized carbons (Fsp3) is 0.294. The lowest BCUT2D eigenvalue weighted by atomic mass is 10.2. The number of esters is 1. The minimum absolute atomic E-state index is 0.0492. The van der Waals surface area contributed by atoms with Crippen LogP contribution in [-0.4, -0.2) is 36.7 Å². The molecule has 1 heterocycles. The van der Waals surface area contributed by atoms with E-state index in [0.29, 0.717) is 17.8 Å². The number of anilines is 1. The lowest BCUT2D eigenvalue weighted by molar-refractivity contribution is -0.124. The third-order valence-corrected chi connectivity index (χ3v) is 4.31. The van der Waals surface area contributed by atoms with Crippen LogP contribution < -0.4 is 10.6 Å². The van der Waals surface area contributed by atoms with Gasteiger partial charge >= 0.3 is 5.97 Å². The molecule has 1 amide bonds. The van der Waals surface area contributed by atoms with Gasteiger partial charge in [-0.1, -0.05) is 18.2 Å². The van der Waals surface area contributed by atoms with Gasteiger partial charge in [0.1, 0.15) is 0 Å². The van der Waals surface area contributed by atoms with Crippen molar-refractivity contribution >= 4 is 28.9 Å². The van der Waals surface area contributed by atoms with Gasteiger partial charge in [0, 0.05) is 17.1 Å². The van der Waals surface area contributed by atoms with Crippen LogP contribution >= 0.6 is 11.3 Å². The first-order chi connectivity index (χ1) is 11.6. The number of hydrogen-bond donors (Lipinski definition) is 3. The summed E-state index contributed by atoms with van der Waals surface area (Å²) >= 11 is 1.55. The van der Waals surface area contributed by atoms with Crippen LogP contribution in [0.5, 0.6) is 0 Å². The van der Waals surface area contributed by atoms with E-state index in [1.165, 1.54) is 0 Å². The highest BCUT2D eigenvalue weighted by atomic mass is 32.1. The van der Waals surface area contributed by atoms with E-state index in [9.17, 15) is 9.59 Å². The molecule has 0 fully saturated rings. The third kappa shape index (κ3) is 5.07. The van der Waals surface area contributed by atoms with Gasteiger partial charge in [-0.3, -0.25) is 4.79 Å². The zero-order valence-electron chi connectivity index (χ0n) is 13.3. The number of nitrogens with one attached hydrogen (secondary N) is 2. The second-order valence-corrected chi connectivity index (χ2v) is 6.06. The lowest BCUT2D eigenvalue weighted by Gasteiger charge is -2.13. The van der Waals surface area contributed by atoms with Crippen molar-refractivity contribution in [2.24, 2.45) is 0 Å². The maximum absolute atomic E-state index is 12.1. The summed E-state index contributed by atoms with van der Waals surface area (Å²) in [6, 6.07) is 10.5. The Bertz CT molecular complexity index is 673. The summed E-state index contributed by atoms with van der Waals surface area (Å²) in [5, 5.41) is 16.5. The minimum Gasteiger partial charge on any atom is -0.452 e.